The first-order valence-electron chi connectivity index (χ1n) is 18.4. The van der Waals surface area contributed by atoms with E-state index in [2.05, 4.69) is 46.4 Å². The Labute approximate surface area is 315 Å². The van der Waals surface area contributed by atoms with Crippen LogP contribution in [0.15, 0.2) is 88.2 Å². The molecule has 1 amide bonds. The average molecular weight is 740 g/mol. The van der Waals surface area contributed by atoms with E-state index in [1.165, 1.54) is 16.3 Å². The highest BCUT2D eigenvalue weighted by molar-refractivity contribution is 5.89. The molecule has 0 radical (unpaired) electrons. The lowest BCUT2D eigenvalue weighted by Gasteiger charge is -2.19. The minimum absolute atomic E-state index is 0.0463. The van der Waals surface area contributed by atoms with Gasteiger partial charge in [-0.2, -0.15) is 5.10 Å². The lowest BCUT2D eigenvalue weighted by atomic mass is 9.97. The third kappa shape index (κ3) is 12.9. The molecule has 286 valence electrons. The smallest absolute Gasteiger partial charge is 0.266 e. The largest absolute Gasteiger partial charge is 0.490 e. The van der Waals surface area contributed by atoms with Gasteiger partial charge in [-0.3, -0.25) is 19.4 Å². The maximum absolute atomic E-state index is 12.9. The van der Waals surface area contributed by atoms with Crippen molar-refractivity contribution in [3.63, 3.8) is 0 Å². The zero-order valence-corrected chi connectivity index (χ0v) is 31.2. The van der Waals surface area contributed by atoms with E-state index in [4.69, 9.17) is 23.4 Å². The summed E-state index contributed by atoms with van der Waals surface area (Å²) in [7, 11) is 1.57. The number of hydrogen-bond donors (Lipinski definition) is 1. The number of aryl methyl sites for hydroxylation is 2. The first-order chi connectivity index (χ1) is 26.2. The monoisotopic (exact) mass is 739 g/mol. The average Bonchev–Trinajstić information content (AvgIpc) is 3.60. The van der Waals surface area contributed by atoms with Gasteiger partial charge in [0.25, 0.3) is 5.56 Å². The first kappa shape index (κ1) is 39.8. The molecule has 0 bridgehead atoms. The van der Waals surface area contributed by atoms with Crippen LogP contribution < -0.4 is 20.3 Å². The van der Waals surface area contributed by atoms with Gasteiger partial charge in [-0.15, -0.1) is 0 Å². The molecule has 0 saturated heterocycles. The molecular formula is C41H49N5O8. The lowest BCUT2D eigenvalue weighted by molar-refractivity contribution is -0.128. The van der Waals surface area contributed by atoms with Crippen LogP contribution in [-0.2, 0) is 39.1 Å². The van der Waals surface area contributed by atoms with Crippen molar-refractivity contribution in [2.45, 2.75) is 65.0 Å². The fourth-order valence-electron chi connectivity index (χ4n) is 5.63. The first-order valence-corrected chi connectivity index (χ1v) is 18.4. The SMILES string of the molecule is CC(C)C[C@H](NC(=O)CCCc1ccccc1)C(=O)CCCOCCOCCOc1ccc(COc2ccc3oc(-c4ccc(=O)n(C)n4)nc3c2)nc1. The molecule has 1 N–H and O–H groups in total. The van der Waals surface area contributed by atoms with E-state index in [9.17, 15) is 14.4 Å². The molecule has 0 aliphatic carbocycles. The fourth-order valence-corrected chi connectivity index (χ4v) is 5.63. The van der Waals surface area contributed by atoms with Gasteiger partial charge < -0.3 is 28.7 Å². The van der Waals surface area contributed by atoms with Crippen molar-refractivity contribution >= 4 is 22.8 Å². The highest BCUT2D eigenvalue weighted by Crippen LogP contribution is 2.26. The summed E-state index contributed by atoms with van der Waals surface area (Å²) in [6.45, 7) is 6.37. The molecule has 54 heavy (non-hydrogen) atoms. The minimum atomic E-state index is -0.465. The molecule has 1 atom stereocenters. The van der Waals surface area contributed by atoms with Crippen LogP contribution in [0.1, 0.15) is 57.2 Å². The van der Waals surface area contributed by atoms with Crippen LogP contribution in [0.5, 0.6) is 11.5 Å². The molecule has 0 aliphatic heterocycles. The van der Waals surface area contributed by atoms with Gasteiger partial charge in [-0.05, 0) is 67.5 Å². The van der Waals surface area contributed by atoms with Crippen LogP contribution in [0.4, 0.5) is 0 Å². The molecule has 0 spiro atoms. The van der Waals surface area contributed by atoms with Crippen LogP contribution in [0, 0.1) is 5.92 Å². The Morgan fingerprint density at radius 2 is 1.63 bits per heavy atom. The molecule has 0 aliphatic rings. The molecule has 5 aromatic rings. The molecule has 13 heteroatoms. The van der Waals surface area contributed by atoms with E-state index >= 15 is 0 Å². The van der Waals surface area contributed by atoms with Gasteiger partial charge in [0, 0.05) is 38.6 Å². The number of hydrogen-bond acceptors (Lipinski definition) is 11. The zero-order chi connectivity index (χ0) is 38.1. The predicted octanol–water partition coefficient (Wildman–Crippen LogP) is 5.88. The molecule has 3 heterocycles. The van der Waals surface area contributed by atoms with E-state index in [1.54, 1.807) is 37.5 Å². The topological polar surface area (TPSA) is 157 Å². The Balaban J connectivity index is 0.907. The number of nitrogens with one attached hydrogen (secondary N) is 1. The summed E-state index contributed by atoms with van der Waals surface area (Å²) in [5.74, 6) is 1.80. The summed E-state index contributed by atoms with van der Waals surface area (Å²) in [5, 5.41) is 7.16. The summed E-state index contributed by atoms with van der Waals surface area (Å²) >= 11 is 0. The Morgan fingerprint density at radius 1 is 0.852 bits per heavy atom. The van der Waals surface area contributed by atoms with Crippen LogP contribution >= 0.6 is 0 Å². The molecule has 0 fully saturated rings. The van der Waals surface area contributed by atoms with Gasteiger partial charge in [-0.1, -0.05) is 44.2 Å². The van der Waals surface area contributed by atoms with Gasteiger partial charge in [0.05, 0.1) is 37.8 Å². The number of Topliss-reactive ketones (excluding diaryl/α,β-unsaturated/α-hetero) is 1. The Hall–Kier alpha value is -5.40. The number of nitrogens with zero attached hydrogens (tertiary/aromatic N) is 4. The summed E-state index contributed by atoms with van der Waals surface area (Å²) < 4.78 is 29.9. The molecule has 3 aromatic heterocycles. The van der Waals surface area contributed by atoms with Gasteiger partial charge >= 0.3 is 0 Å². The number of aromatic nitrogens is 4. The molecule has 5 rings (SSSR count). The summed E-state index contributed by atoms with van der Waals surface area (Å²) in [4.78, 5) is 46.0. The third-order valence-electron chi connectivity index (χ3n) is 8.45. The number of benzene rings is 2. The van der Waals surface area contributed by atoms with E-state index < -0.39 is 6.04 Å². The van der Waals surface area contributed by atoms with Gasteiger partial charge in [0.15, 0.2) is 11.4 Å². The van der Waals surface area contributed by atoms with Crippen molar-refractivity contribution in [3.8, 4) is 23.1 Å². The number of pyridine rings is 1. The van der Waals surface area contributed by atoms with Crippen LogP contribution in [0.3, 0.4) is 0 Å². The zero-order valence-electron chi connectivity index (χ0n) is 31.2. The van der Waals surface area contributed by atoms with Crippen molar-refractivity contribution in [1.29, 1.82) is 0 Å². The third-order valence-corrected chi connectivity index (χ3v) is 8.45. The second kappa shape index (κ2) is 20.7. The van der Waals surface area contributed by atoms with Crippen LogP contribution in [0.2, 0.25) is 0 Å². The number of rotatable bonds is 23. The summed E-state index contributed by atoms with van der Waals surface area (Å²) in [5.41, 5.74) is 3.36. The highest BCUT2D eigenvalue weighted by Gasteiger charge is 2.21. The van der Waals surface area contributed by atoms with Crippen molar-refractivity contribution in [2.24, 2.45) is 13.0 Å². The van der Waals surface area contributed by atoms with Gasteiger partial charge in [0.2, 0.25) is 11.8 Å². The minimum Gasteiger partial charge on any atom is -0.490 e. The molecule has 0 unspecified atom stereocenters. The van der Waals surface area contributed by atoms with Crippen LogP contribution in [0.25, 0.3) is 22.7 Å². The van der Waals surface area contributed by atoms with E-state index in [1.807, 2.05) is 30.3 Å². The fraction of sp³-hybridized carbons (Fsp3) is 0.415. The molecular weight excluding hydrogens is 690 g/mol. The number of carbonyl (C=O) groups is 2. The number of fused-ring (bicyclic) bond motifs is 1. The molecule has 2 aromatic carbocycles. The number of oxazole rings is 1. The number of amides is 1. The Morgan fingerprint density at radius 3 is 2.39 bits per heavy atom. The molecule has 0 saturated carbocycles. The van der Waals surface area contributed by atoms with Gasteiger partial charge in [-0.25, -0.2) is 9.67 Å². The van der Waals surface area contributed by atoms with Crippen molar-refractivity contribution in [1.82, 2.24) is 25.1 Å². The maximum atomic E-state index is 12.9. The second-order valence-corrected chi connectivity index (χ2v) is 13.3. The van der Waals surface area contributed by atoms with Crippen LogP contribution in [-0.4, -0.2) is 70.5 Å². The standard InChI is InChI=1S/C41H49N5O8/c1-29(2)25-35(43-39(48)13-7-11-30-9-5-4-6-10-30)37(47)12-8-20-50-21-22-51-23-24-52-33-15-14-31(42-27-33)28-53-32-16-18-38-36(26-32)44-41(54-38)34-17-19-40(49)46(3)45-34/h4-6,9-10,14-19,26-27,29,35H,7-8,11-13,20-25,28H2,1-3H3,(H,43,48)/t35-/m0/s1. The summed E-state index contributed by atoms with van der Waals surface area (Å²) in [6, 6.07) is 21.6. The van der Waals surface area contributed by atoms with E-state index in [0.29, 0.717) is 98.8 Å². The number of ketones is 1. The second-order valence-electron chi connectivity index (χ2n) is 13.3. The quantitative estimate of drug-likeness (QED) is 0.0799. The van der Waals surface area contributed by atoms with Crippen molar-refractivity contribution < 1.29 is 33.0 Å². The van der Waals surface area contributed by atoms with Crippen molar-refractivity contribution in [2.75, 3.05) is 33.0 Å². The predicted molar refractivity (Wildman–Crippen MR) is 203 cm³/mol. The summed E-state index contributed by atoms with van der Waals surface area (Å²) in [6.07, 6.45) is 5.19. The van der Waals surface area contributed by atoms with E-state index in [-0.39, 0.29) is 23.9 Å². The van der Waals surface area contributed by atoms with E-state index in [0.717, 1.165) is 18.5 Å². The normalized spacial score (nSPS) is 11.9. The molecule has 13 nitrogen and oxygen atoms in total. The van der Waals surface area contributed by atoms with Gasteiger partial charge in [0.1, 0.15) is 35.9 Å². The van der Waals surface area contributed by atoms with Crippen molar-refractivity contribution in [3.05, 3.63) is 101 Å². The maximum Gasteiger partial charge on any atom is 0.266 e. The lowest BCUT2D eigenvalue weighted by Crippen LogP contribution is -2.41. The Bertz CT molecular complexity index is 1980. The number of carbonyl (C=O) groups excluding carboxylic acids is 2. The highest BCUT2D eigenvalue weighted by atomic mass is 16.5. The number of ether oxygens (including phenoxy) is 4. The Kier molecular flexibility index (Phi) is 15.3.